The molecule has 0 bridgehead atoms. The van der Waals surface area contributed by atoms with E-state index in [0.717, 1.165) is 16.7 Å². The molecule has 30 heavy (non-hydrogen) atoms. The van der Waals surface area contributed by atoms with Gasteiger partial charge in [-0.15, -0.1) is 0 Å². The van der Waals surface area contributed by atoms with E-state index in [9.17, 15) is 8.42 Å². The third kappa shape index (κ3) is 4.99. The van der Waals surface area contributed by atoms with Crippen molar-refractivity contribution in [1.29, 1.82) is 0 Å². The molecule has 7 heteroatoms. The van der Waals surface area contributed by atoms with E-state index in [1.807, 2.05) is 31.2 Å². The van der Waals surface area contributed by atoms with Gasteiger partial charge in [0.05, 0.1) is 31.2 Å². The highest BCUT2D eigenvalue weighted by molar-refractivity contribution is 7.89. The minimum atomic E-state index is -3.79. The summed E-state index contributed by atoms with van der Waals surface area (Å²) >= 11 is 0. The van der Waals surface area contributed by atoms with Gasteiger partial charge in [0.15, 0.2) is 0 Å². The summed E-state index contributed by atoms with van der Waals surface area (Å²) in [7, 11) is -0.625. The summed E-state index contributed by atoms with van der Waals surface area (Å²) < 4.78 is 39.4. The Kier molecular flexibility index (Phi) is 6.77. The zero-order valence-corrected chi connectivity index (χ0v) is 18.0. The van der Waals surface area contributed by atoms with Crippen molar-refractivity contribution in [2.24, 2.45) is 5.73 Å². The summed E-state index contributed by atoms with van der Waals surface area (Å²) in [4.78, 5) is 0.188. The number of hydrogen-bond donors (Lipinski definition) is 2. The van der Waals surface area contributed by atoms with Crippen LogP contribution < -0.4 is 19.9 Å². The Morgan fingerprint density at radius 1 is 0.767 bits per heavy atom. The molecule has 0 fully saturated rings. The van der Waals surface area contributed by atoms with Crippen LogP contribution in [0.25, 0.3) is 0 Å². The Hall–Kier alpha value is -2.87. The van der Waals surface area contributed by atoms with Gasteiger partial charge in [0.1, 0.15) is 11.5 Å². The van der Waals surface area contributed by atoms with Crippen LogP contribution in [0.3, 0.4) is 0 Å². The van der Waals surface area contributed by atoms with Gasteiger partial charge in [-0.3, -0.25) is 0 Å². The van der Waals surface area contributed by atoms with Crippen LogP contribution in [0.2, 0.25) is 0 Å². The SMILES string of the molecule is COc1ccc(C(NS(=O)(=O)c2ccc(C)cc2)[C@@H](N)c2ccc(OC)cc2)cc1. The third-order valence-corrected chi connectivity index (χ3v) is 6.41. The maximum Gasteiger partial charge on any atom is 0.241 e. The fourth-order valence-electron chi connectivity index (χ4n) is 3.13. The molecule has 0 spiro atoms. The lowest BCUT2D eigenvalue weighted by atomic mass is 9.95. The fraction of sp³-hybridized carbons (Fsp3) is 0.217. The predicted octanol–water partition coefficient (Wildman–Crippen LogP) is 3.73. The van der Waals surface area contributed by atoms with E-state index in [1.54, 1.807) is 62.8 Å². The molecule has 0 aliphatic rings. The number of benzene rings is 3. The summed E-state index contributed by atoms with van der Waals surface area (Å²) in [6, 6.07) is 19.8. The molecule has 0 saturated carbocycles. The van der Waals surface area contributed by atoms with Crippen molar-refractivity contribution in [2.45, 2.75) is 23.9 Å². The molecule has 0 radical (unpaired) electrons. The second kappa shape index (κ2) is 9.30. The normalized spacial score (nSPS) is 13.5. The lowest BCUT2D eigenvalue weighted by Crippen LogP contribution is -2.36. The van der Waals surface area contributed by atoms with Gasteiger partial charge in [-0.05, 0) is 54.4 Å². The molecule has 3 rings (SSSR count). The van der Waals surface area contributed by atoms with Crippen LogP contribution in [0.5, 0.6) is 11.5 Å². The van der Waals surface area contributed by atoms with E-state index < -0.39 is 22.1 Å². The zero-order chi connectivity index (χ0) is 21.7. The molecule has 6 nitrogen and oxygen atoms in total. The first-order valence-electron chi connectivity index (χ1n) is 9.46. The Morgan fingerprint density at radius 2 is 1.23 bits per heavy atom. The Balaban J connectivity index is 1.98. The molecule has 1 unspecified atom stereocenters. The molecule has 0 heterocycles. The number of aryl methyl sites for hydroxylation is 1. The van der Waals surface area contributed by atoms with Gasteiger partial charge >= 0.3 is 0 Å². The van der Waals surface area contributed by atoms with Crippen LogP contribution >= 0.6 is 0 Å². The lowest BCUT2D eigenvalue weighted by molar-refractivity contribution is 0.413. The number of sulfonamides is 1. The molecule has 0 aliphatic heterocycles. The predicted molar refractivity (Wildman–Crippen MR) is 117 cm³/mol. The standard InChI is InChI=1S/C23H26N2O4S/c1-16-4-14-21(15-5-16)30(26,27)25-23(18-8-12-20(29-3)13-9-18)22(24)17-6-10-19(28-2)11-7-17/h4-15,22-23,25H,24H2,1-3H3/t22-,23?/m0/s1. The first-order valence-corrected chi connectivity index (χ1v) is 10.9. The number of ether oxygens (including phenoxy) is 2. The maximum atomic E-state index is 13.1. The van der Waals surface area contributed by atoms with E-state index in [-0.39, 0.29) is 4.90 Å². The van der Waals surface area contributed by atoms with Gasteiger partial charge in [0.25, 0.3) is 0 Å². The smallest absolute Gasteiger partial charge is 0.241 e. The Labute approximate surface area is 177 Å². The zero-order valence-electron chi connectivity index (χ0n) is 17.2. The van der Waals surface area contributed by atoms with Crippen molar-refractivity contribution < 1.29 is 17.9 Å². The summed E-state index contributed by atoms with van der Waals surface area (Å²) in [5.74, 6) is 1.38. The molecule has 0 amide bonds. The minimum Gasteiger partial charge on any atom is -0.497 e. The molecule has 2 atom stereocenters. The number of rotatable bonds is 8. The summed E-state index contributed by atoms with van der Waals surface area (Å²) in [6.07, 6.45) is 0. The Morgan fingerprint density at radius 3 is 1.70 bits per heavy atom. The van der Waals surface area contributed by atoms with E-state index in [2.05, 4.69) is 4.72 Å². The molecule has 3 N–H and O–H groups in total. The van der Waals surface area contributed by atoms with Gasteiger partial charge in [-0.25, -0.2) is 13.1 Å². The third-order valence-electron chi connectivity index (χ3n) is 4.95. The average molecular weight is 427 g/mol. The highest BCUT2D eigenvalue weighted by atomic mass is 32.2. The van der Waals surface area contributed by atoms with Gasteiger partial charge in [0.2, 0.25) is 10.0 Å². The van der Waals surface area contributed by atoms with Gasteiger partial charge in [-0.1, -0.05) is 42.0 Å². The Bertz CT molecular complexity index is 1060. The van der Waals surface area contributed by atoms with Crippen molar-refractivity contribution in [3.8, 4) is 11.5 Å². The first-order chi connectivity index (χ1) is 14.3. The van der Waals surface area contributed by atoms with Crippen molar-refractivity contribution in [3.63, 3.8) is 0 Å². The lowest BCUT2D eigenvalue weighted by Gasteiger charge is -2.26. The minimum absolute atomic E-state index is 0.188. The largest absolute Gasteiger partial charge is 0.497 e. The van der Waals surface area contributed by atoms with Crippen molar-refractivity contribution in [2.75, 3.05) is 14.2 Å². The number of nitrogens with one attached hydrogen (secondary N) is 1. The second-order valence-corrected chi connectivity index (χ2v) is 8.70. The highest BCUT2D eigenvalue weighted by Gasteiger charge is 2.27. The molecule has 0 aromatic heterocycles. The number of nitrogens with two attached hydrogens (primary N) is 1. The highest BCUT2D eigenvalue weighted by Crippen LogP contribution is 2.31. The average Bonchev–Trinajstić information content (AvgIpc) is 2.77. The van der Waals surface area contributed by atoms with Crippen LogP contribution in [0.1, 0.15) is 28.8 Å². The van der Waals surface area contributed by atoms with Gasteiger partial charge < -0.3 is 15.2 Å². The van der Waals surface area contributed by atoms with Crippen LogP contribution in [0.4, 0.5) is 0 Å². The van der Waals surface area contributed by atoms with E-state index in [4.69, 9.17) is 15.2 Å². The van der Waals surface area contributed by atoms with Crippen molar-refractivity contribution in [3.05, 3.63) is 89.5 Å². The van der Waals surface area contributed by atoms with E-state index >= 15 is 0 Å². The molecule has 3 aromatic rings. The monoisotopic (exact) mass is 426 g/mol. The number of hydrogen-bond acceptors (Lipinski definition) is 5. The van der Waals surface area contributed by atoms with E-state index in [1.165, 1.54) is 0 Å². The quantitative estimate of drug-likeness (QED) is 0.573. The van der Waals surface area contributed by atoms with Crippen LogP contribution in [0.15, 0.2) is 77.7 Å². The molecule has 0 aliphatic carbocycles. The van der Waals surface area contributed by atoms with Crippen LogP contribution in [-0.2, 0) is 10.0 Å². The second-order valence-electron chi connectivity index (χ2n) is 6.98. The number of methoxy groups -OCH3 is 2. The topological polar surface area (TPSA) is 90.7 Å². The molecular formula is C23H26N2O4S. The molecule has 3 aromatic carbocycles. The van der Waals surface area contributed by atoms with Gasteiger partial charge in [0, 0.05) is 0 Å². The van der Waals surface area contributed by atoms with Crippen LogP contribution in [-0.4, -0.2) is 22.6 Å². The van der Waals surface area contributed by atoms with Crippen molar-refractivity contribution >= 4 is 10.0 Å². The molecular weight excluding hydrogens is 400 g/mol. The van der Waals surface area contributed by atoms with Crippen molar-refractivity contribution in [1.82, 2.24) is 4.72 Å². The fourth-order valence-corrected chi connectivity index (χ4v) is 4.38. The molecule has 0 saturated heterocycles. The molecule has 158 valence electrons. The van der Waals surface area contributed by atoms with Gasteiger partial charge in [-0.2, -0.15) is 0 Å². The summed E-state index contributed by atoms with van der Waals surface area (Å²) in [6.45, 7) is 1.91. The summed E-state index contributed by atoms with van der Waals surface area (Å²) in [5, 5.41) is 0. The van der Waals surface area contributed by atoms with Crippen LogP contribution in [0, 0.1) is 6.92 Å². The maximum absolute atomic E-state index is 13.1. The summed E-state index contributed by atoms with van der Waals surface area (Å²) in [5.41, 5.74) is 9.04. The van der Waals surface area contributed by atoms with E-state index in [0.29, 0.717) is 11.5 Å². The first kappa shape index (κ1) is 21.8.